The SMILES string of the molecule is CCCCCCCCCCCCCOCCCSCCC(=O)OCCCCCCCCCCCC. The number of unbranched alkanes of at least 4 members (excludes halogenated alkanes) is 19. The highest BCUT2D eigenvalue weighted by atomic mass is 32.2. The zero-order valence-electron chi connectivity index (χ0n) is 23.9. The van der Waals surface area contributed by atoms with Crippen LogP contribution in [-0.4, -0.2) is 37.3 Å². The number of hydrogen-bond acceptors (Lipinski definition) is 4. The van der Waals surface area contributed by atoms with E-state index in [0.717, 1.165) is 37.6 Å². The van der Waals surface area contributed by atoms with Gasteiger partial charge in [0.1, 0.15) is 0 Å². The molecule has 0 fully saturated rings. The van der Waals surface area contributed by atoms with E-state index in [-0.39, 0.29) is 5.97 Å². The van der Waals surface area contributed by atoms with Crippen LogP contribution < -0.4 is 0 Å². The van der Waals surface area contributed by atoms with Gasteiger partial charge >= 0.3 is 5.97 Å². The number of carbonyl (C=O) groups excluding carboxylic acids is 1. The molecule has 0 saturated heterocycles. The second-order valence-electron chi connectivity index (χ2n) is 10.3. The third-order valence-corrected chi connectivity index (χ3v) is 7.75. The first-order valence-corrected chi connectivity index (χ1v) is 16.8. The van der Waals surface area contributed by atoms with Gasteiger partial charge in [-0.15, -0.1) is 0 Å². The van der Waals surface area contributed by atoms with E-state index in [1.165, 1.54) is 128 Å². The summed E-state index contributed by atoms with van der Waals surface area (Å²) in [5, 5.41) is 0. The molecule has 0 spiro atoms. The monoisotopic (exact) mass is 514 g/mol. The van der Waals surface area contributed by atoms with Crippen molar-refractivity contribution in [3.05, 3.63) is 0 Å². The summed E-state index contributed by atoms with van der Waals surface area (Å²) in [5.41, 5.74) is 0. The van der Waals surface area contributed by atoms with Gasteiger partial charge in [-0.25, -0.2) is 0 Å². The maximum atomic E-state index is 11.8. The molecule has 0 aromatic carbocycles. The lowest BCUT2D eigenvalue weighted by atomic mass is 10.1. The molecule has 0 atom stereocenters. The van der Waals surface area contributed by atoms with Gasteiger partial charge in [-0.05, 0) is 25.0 Å². The minimum absolute atomic E-state index is 0.0267. The summed E-state index contributed by atoms with van der Waals surface area (Å²) in [5.74, 6) is 1.92. The molecule has 0 heterocycles. The third kappa shape index (κ3) is 31.8. The first kappa shape index (κ1) is 34.8. The fourth-order valence-electron chi connectivity index (χ4n) is 4.34. The van der Waals surface area contributed by atoms with E-state index in [4.69, 9.17) is 9.47 Å². The number of thioether (sulfide) groups is 1. The third-order valence-electron chi connectivity index (χ3n) is 6.68. The van der Waals surface area contributed by atoms with E-state index in [1.54, 1.807) is 0 Å². The lowest BCUT2D eigenvalue weighted by Crippen LogP contribution is -2.07. The summed E-state index contributed by atoms with van der Waals surface area (Å²) in [7, 11) is 0. The predicted octanol–water partition coefficient (Wildman–Crippen LogP) is 10.3. The molecule has 0 saturated carbocycles. The zero-order valence-corrected chi connectivity index (χ0v) is 24.7. The molecule has 210 valence electrons. The number of esters is 1. The maximum absolute atomic E-state index is 11.8. The van der Waals surface area contributed by atoms with Crippen LogP contribution in [0.5, 0.6) is 0 Å². The van der Waals surface area contributed by atoms with Crippen molar-refractivity contribution < 1.29 is 14.3 Å². The number of hydrogen-bond donors (Lipinski definition) is 0. The highest BCUT2D eigenvalue weighted by Crippen LogP contribution is 2.12. The van der Waals surface area contributed by atoms with E-state index in [2.05, 4.69) is 13.8 Å². The predicted molar refractivity (Wildman–Crippen MR) is 157 cm³/mol. The van der Waals surface area contributed by atoms with E-state index in [9.17, 15) is 4.79 Å². The Kier molecular flexibility index (Phi) is 31.6. The van der Waals surface area contributed by atoms with Gasteiger partial charge in [-0.3, -0.25) is 4.79 Å². The van der Waals surface area contributed by atoms with Gasteiger partial charge in [0.2, 0.25) is 0 Å². The molecule has 3 nitrogen and oxygen atoms in total. The Morgan fingerprint density at radius 3 is 1.37 bits per heavy atom. The molecule has 0 radical (unpaired) electrons. The number of carbonyl (C=O) groups is 1. The van der Waals surface area contributed by atoms with Crippen LogP contribution in [0.1, 0.15) is 162 Å². The van der Waals surface area contributed by atoms with Crippen LogP contribution in [-0.2, 0) is 14.3 Å². The standard InChI is InChI=1S/C31H62O3S/c1-3-5-7-9-11-13-15-16-18-20-22-26-33-27-24-29-35-30-25-31(32)34-28-23-21-19-17-14-12-10-8-6-4-2/h3-30H2,1-2H3. The largest absolute Gasteiger partial charge is 0.466 e. The van der Waals surface area contributed by atoms with Gasteiger partial charge < -0.3 is 9.47 Å². The molecule has 4 heteroatoms. The minimum atomic E-state index is -0.0267. The van der Waals surface area contributed by atoms with E-state index in [1.807, 2.05) is 11.8 Å². The Hall–Kier alpha value is -0.220. The normalized spacial score (nSPS) is 11.3. The quantitative estimate of drug-likeness (QED) is 0.0705. The fraction of sp³-hybridized carbons (Fsp3) is 0.968. The molecular weight excluding hydrogens is 452 g/mol. The van der Waals surface area contributed by atoms with Crippen molar-refractivity contribution in [2.24, 2.45) is 0 Å². The summed E-state index contributed by atoms with van der Waals surface area (Å²) in [6.45, 7) is 6.92. The van der Waals surface area contributed by atoms with Crippen LogP contribution in [0.25, 0.3) is 0 Å². The Balaban J connectivity index is 3.13. The average Bonchev–Trinajstić information content (AvgIpc) is 2.86. The summed E-state index contributed by atoms with van der Waals surface area (Å²) in [6.07, 6.45) is 29.9. The second kappa shape index (κ2) is 31.8. The Labute approximate surface area is 224 Å². The van der Waals surface area contributed by atoms with Crippen LogP contribution in [0, 0.1) is 0 Å². The number of rotatable bonds is 30. The van der Waals surface area contributed by atoms with E-state index >= 15 is 0 Å². The molecule has 0 aromatic heterocycles. The van der Waals surface area contributed by atoms with Crippen molar-refractivity contribution >= 4 is 17.7 Å². The topological polar surface area (TPSA) is 35.5 Å². The molecule has 0 aliphatic heterocycles. The summed E-state index contributed by atoms with van der Waals surface area (Å²) < 4.78 is 11.1. The molecule has 0 unspecified atom stereocenters. The Bertz CT molecular complexity index is 403. The minimum Gasteiger partial charge on any atom is -0.466 e. The van der Waals surface area contributed by atoms with Crippen LogP contribution in [0.2, 0.25) is 0 Å². The molecule has 0 bridgehead atoms. The van der Waals surface area contributed by atoms with Gasteiger partial charge in [0.05, 0.1) is 13.0 Å². The second-order valence-corrected chi connectivity index (χ2v) is 11.5. The van der Waals surface area contributed by atoms with Gasteiger partial charge in [0.25, 0.3) is 0 Å². The van der Waals surface area contributed by atoms with Gasteiger partial charge in [0, 0.05) is 19.0 Å². The molecule has 0 aliphatic carbocycles. The van der Waals surface area contributed by atoms with Crippen molar-refractivity contribution in [2.45, 2.75) is 162 Å². The zero-order chi connectivity index (χ0) is 25.5. The van der Waals surface area contributed by atoms with Crippen LogP contribution >= 0.6 is 11.8 Å². The summed E-state index contributed by atoms with van der Waals surface area (Å²) >= 11 is 1.85. The van der Waals surface area contributed by atoms with Crippen molar-refractivity contribution in [3.8, 4) is 0 Å². The smallest absolute Gasteiger partial charge is 0.306 e. The Morgan fingerprint density at radius 1 is 0.486 bits per heavy atom. The number of ether oxygens (including phenoxy) is 2. The lowest BCUT2D eigenvalue weighted by molar-refractivity contribution is -0.143. The summed E-state index contributed by atoms with van der Waals surface area (Å²) in [4.78, 5) is 11.8. The van der Waals surface area contributed by atoms with Gasteiger partial charge in [0.15, 0.2) is 0 Å². The van der Waals surface area contributed by atoms with Crippen molar-refractivity contribution in [1.82, 2.24) is 0 Å². The first-order chi connectivity index (χ1) is 17.3. The van der Waals surface area contributed by atoms with Gasteiger partial charge in [-0.2, -0.15) is 11.8 Å². The maximum Gasteiger partial charge on any atom is 0.306 e. The average molecular weight is 515 g/mol. The molecule has 35 heavy (non-hydrogen) atoms. The van der Waals surface area contributed by atoms with Crippen LogP contribution in [0.4, 0.5) is 0 Å². The van der Waals surface area contributed by atoms with E-state index in [0.29, 0.717) is 13.0 Å². The molecule has 0 amide bonds. The Morgan fingerprint density at radius 2 is 0.886 bits per heavy atom. The molecule has 0 rings (SSSR count). The fourth-order valence-corrected chi connectivity index (χ4v) is 5.18. The summed E-state index contributed by atoms with van der Waals surface area (Å²) in [6, 6.07) is 0. The van der Waals surface area contributed by atoms with Crippen molar-refractivity contribution in [1.29, 1.82) is 0 Å². The highest BCUT2D eigenvalue weighted by Gasteiger charge is 2.03. The first-order valence-electron chi connectivity index (χ1n) is 15.6. The highest BCUT2D eigenvalue weighted by molar-refractivity contribution is 7.99. The molecular formula is C31H62O3S. The molecule has 0 N–H and O–H groups in total. The van der Waals surface area contributed by atoms with Crippen LogP contribution in [0.3, 0.4) is 0 Å². The van der Waals surface area contributed by atoms with Crippen molar-refractivity contribution in [3.63, 3.8) is 0 Å². The molecule has 0 aliphatic rings. The molecule has 0 aromatic rings. The van der Waals surface area contributed by atoms with Gasteiger partial charge in [-0.1, -0.05) is 136 Å². The van der Waals surface area contributed by atoms with Crippen molar-refractivity contribution in [2.75, 3.05) is 31.3 Å². The van der Waals surface area contributed by atoms with E-state index < -0.39 is 0 Å². The van der Waals surface area contributed by atoms with Crippen LogP contribution in [0.15, 0.2) is 0 Å². The lowest BCUT2D eigenvalue weighted by Gasteiger charge is -2.06.